The predicted octanol–water partition coefficient (Wildman–Crippen LogP) is 3.95. The molecule has 2 saturated carbocycles. The van der Waals surface area contributed by atoms with Crippen LogP contribution in [-0.2, 0) is 5.54 Å². The van der Waals surface area contributed by atoms with Crippen molar-refractivity contribution in [2.75, 3.05) is 0 Å². The van der Waals surface area contributed by atoms with Crippen molar-refractivity contribution in [3.8, 4) is 0 Å². The zero-order chi connectivity index (χ0) is 13.0. The first-order valence-electron chi connectivity index (χ1n) is 7.19. The van der Waals surface area contributed by atoms with Crippen LogP contribution < -0.4 is 5.73 Å². The van der Waals surface area contributed by atoms with Crippen molar-refractivity contribution < 1.29 is 4.39 Å². The molecule has 2 aliphatic carbocycles. The molecular weight excluding hydrogens is 237 g/mol. The van der Waals surface area contributed by atoms with Crippen LogP contribution in [0.3, 0.4) is 0 Å². The first-order valence-corrected chi connectivity index (χ1v) is 7.19. The molecule has 98 valence electrons. The highest BCUT2D eigenvalue weighted by Gasteiger charge is 2.63. The molecule has 2 N–H and O–H groups in total. The van der Waals surface area contributed by atoms with Crippen LogP contribution in [0.2, 0.25) is 0 Å². The second kappa shape index (κ2) is 3.80. The third-order valence-electron chi connectivity index (χ3n) is 5.22. The lowest BCUT2D eigenvalue weighted by atomic mass is 9.94. The van der Waals surface area contributed by atoms with Crippen molar-refractivity contribution in [1.29, 1.82) is 0 Å². The van der Waals surface area contributed by atoms with Crippen LogP contribution in [0.25, 0.3) is 10.8 Å². The Labute approximate surface area is 112 Å². The zero-order valence-electron chi connectivity index (χ0n) is 10.9. The highest BCUT2D eigenvalue weighted by Crippen LogP contribution is 2.63. The molecular formula is C17H18FN. The first kappa shape index (κ1) is 11.4. The van der Waals surface area contributed by atoms with E-state index in [4.69, 9.17) is 5.73 Å². The highest BCUT2D eigenvalue weighted by atomic mass is 19.1. The molecule has 0 aromatic heterocycles. The van der Waals surface area contributed by atoms with Crippen LogP contribution in [0.5, 0.6) is 0 Å². The molecule has 2 heteroatoms. The van der Waals surface area contributed by atoms with Gasteiger partial charge in [-0.15, -0.1) is 0 Å². The van der Waals surface area contributed by atoms with E-state index >= 15 is 0 Å². The van der Waals surface area contributed by atoms with E-state index < -0.39 is 0 Å². The average molecular weight is 255 g/mol. The first-order chi connectivity index (χ1) is 9.23. The smallest absolute Gasteiger partial charge is 0.131 e. The monoisotopic (exact) mass is 255 g/mol. The zero-order valence-corrected chi connectivity index (χ0v) is 10.9. The summed E-state index contributed by atoms with van der Waals surface area (Å²) in [5.74, 6) is 1.07. The van der Waals surface area contributed by atoms with Gasteiger partial charge in [0.1, 0.15) is 5.82 Å². The van der Waals surface area contributed by atoms with E-state index in [9.17, 15) is 4.39 Å². The van der Waals surface area contributed by atoms with E-state index in [-0.39, 0.29) is 11.4 Å². The van der Waals surface area contributed by atoms with Crippen molar-refractivity contribution in [2.45, 2.75) is 31.2 Å². The van der Waals surface area contributed by atoms with Gasteiger partial charge in [-0.3, -0.25) is 0 Å². The quantitative estimate of drug-likeness (QED) is 0.820. The number of hydrogen-bond acceptors (Lipinski definition) is 1. The lowest BCUT2D eigenvalue weighted by Crippen LogP contribution is -2.24. The predicted molar refractivity (Wildman–Crippen MR) is 75.2 cm³/mol. The molecule has 4 rings (SSSR count). The maximum atomic E-state index is 13.9. The lowest BCUT2D eigenvalue weighted by Gasteiger charge is -2.16. The molecule has 19 heavy (non-hydrogen) atoms. The molecule has 2 aromatic carbocycles. The summed E-state index contributed by atoms with van der Waals surface area (Å²) in [5, 5.41) is 1.70. The molecule has 0 bridgehead atoms. The molecule has 0 radical (unpaired) electrons. The fourth-order valence-electron chi connectivity index (χ4n) is 4.21. The van der Waals surface area contributed by atoms with Gasteiger partial charge in [-0.25, -0.2) is 4.39 Å². The van der Waals surface area contributed by atoms with Crippen LogP contribution in [0.15, 0.2) is 36.4 Å². The van der Waals surface area contributed by atoms with Gasteiger partial charge in [0.15, 0.2) is 0 Å². The van der Waals surface area contributed by atoms with Crippen LogP contribution in [0.4, 0.5) is 4.39 Å². The number of halogens is 1. The van der Waals surface area contributed by atoms with Crippen LogP contribution in [0, 0.1) is 17.7 Å². The normalized spacial score (nSPS) is 33.2. The van der Waals surface area contributed by atoms with Gasteiger partial charge in [0.05, 0.1) is 0 Å². The summed E-state index contributed by atoms with van der Waals surface area (Å²) in [4.78, 5) is 0. The second-order valence-electron chi connectivity index (χ2n) is 6.07. The van der Waals surface area contributed by atoms with Gasteiger partial charge >= 0.3 is 0 Å². The Balaban J connectivity index is 1.91. The Kier molecular flexibility index (Phi) is 2.28. The van der Waals surface area contributed by atoms with Crippen molar-refractivity contribution in [1.82, 2.24) is 0 Å². The Morgan fingerprint density at radius 3 is 2.26 bits per heavy atom. The second-order valence-corrected chi connectivity index (χ2v) is 6.07. The molecule has 0 saturated heterocycles. The summed E-state index contributed by atoms with van der Waals surface area (Å²) in [7, 11) is 0. The number of nitrogens with two attached hydrogens (primary N) is 1. The summed E-state index contributed by atoms with van der Waals surface area (Å²) in [6.45, 7) is 0. The number of hydrogen-bond donors (Lipinski definition) is 1. The molecule has 2 atom stereocenters. The van der Waals surface area contributed by atoms with Crippen molar-refractivity contribution in [3.05, 3.63) is 47.8 Å². The highest BCUT2D eigenvalue weighted by molar-refractivity contribution is 5.87. The molecule has 2 aliphatic rings. The van der Waals surface area contributed by atoms with Crippen molar-refractivity contribution >= 4 is 10.8 Å². The molecule has 2 fully saturated rings. The Morgan fingerprint density at radius 1 is 0.947 bits per heavy atom. The minimum atomic E-state index is -0.205. The molecule has 0 aliphatic heterocycles. The van der Waals surface area contributed by atoms with Gasteiger partial charge in [-0.2, -0.15) is 0 Å². The van der Waals surface area contributed by atoms with E-state index in [1.165, 1.54) is 25.7 Å². The third-order valence-corrected chi connectivity index (χ3v) is 5.22. The van der Waals surface area contributed by atoms with Gasteiger partial charge in [0.25, 0.3) is 0 Å². The number of fused-ring (bicyclic) bond motifs is 2. The largest absolute Gasteiger partial charge is 0.321 e. The van der Waals surface area contributed by atoms with Gasteiger partial charge < -0.3 is 5.73 Å². The molecule has 0 spiro atoms. The van der Waals surface area contributed by atoms with Crippen LogP contribution in [0.1, 0.15) is 31.2 Å². The molecule has 0 amide bonds. The number of benzene rings is 2. The molecule has 2 unspecified atom stereocenters. The summed E-state index contributed by atoms with van der Waals surface area (Å²) in [6.07, 6.45) is 5.04. The van der Waals surface area contributed by atoms with Crippen molar-refractivity contribution in [2.24, 2.45) is 17.6 Å². The van der Waals surface area contributed by atoms with Gasteiger partial charge in [0.2, 0.25) is 0 Å². The summed E-state index contributed by atoms with van der Waals surface area (Å²) < 4.78 is 13.9. The maximum absolute atomic E-state index is 13.9. The lowest BCUT2D eigenvalue weighted by molar-refractivity contribution is 0.480. The van der Waals surface area contributed by atoms with E-state index in [0.29, 0.717) is 17.2 Å². The van der Waals surface area contributed by atoms with Crippen LogP contribution >= 0.6 is 0 Å². The SMILES string of the molecule is NC1(c2ccc(F)c3ccccc23)C2CCCCC21. The Hall–Kier alpha value is -1.41. The average Bonchev–Trinajstić information content (AvgIpc) is 3.07. The van der Waals surface area contributed by atoms with Crippen LogP contribution in [-0.4, -0.2) is 0 Å². The van der Waals surface area contributed by atoms with Gasteiger partial charge in [0, 0.05) is 10.9 Å². The summed E-state index contributed by atoms with van der Waals surface area (Å²) >= 11 is 0. The molecule has 0 heterocycles. The standard InChI is InChI=1S/C17H18FN/c18-16-10-9-13(11-5-1-2-6-12(11)16)17(19)14-7-3-4-8-15(14)17/h1-2,5-6,9-10,14-15H,3-4,7-8,19H2. The van der Waals surface area contributed by atoms with E-state index in [0.717, 1.165) is 10.9 Å². The maximum Gasteiger partial charge on any atom is 0.131 e. The number of rotatable bonds is 1. The summed E-state index contributed by atoms with van der Waals surface area (Å²) in [5.41, 5.74) is 7.66. The molecule has 2 aromatic rings. The topological polar surface area (TPSA) is 26.0 Å². The third kappa shape index (κ3) is 1.44. The van der Waals surface area contributed by atoms with Gasteiger partial charge in [-0.1, -0.05) is 43.2 Å². The fourth-order valence-corrected chi connectivity index (χ4v) is 4.21. The Morgan fingerprint density at radius 2 is 1.58 bits per heavy atom. The van der Waals surface area contributed by atoms with E-state index in [2.05, 4.69) is 0 Å². The van der Waals surface area contributed by atoms with Crippen molar-refractivity contribution in [3.63, 3.8) is 0 Å². The Bertz CT molecular complexity index is 637. The fraction of sp³-hybridized carbons (Fsp3) is 0.412. The molecule has 1 nitrogen and oxygen atoms in total. The summed E-state index contributed by atoms with van der Waals surface area (Å²) in [6, 6.07) is 11.2. The van der Waals surface area contributed by atoms with E-state index in [1.807, 2.05) is 30.3 Å². The van der Waals surface area contributed by atoms with Gasteiger partial charge in [-0.05, 0) is 41.7 Å². The van der Waals surface area contributed by atoms with E-state index in [1.54, 1.807) is 6.07 Å². The minimum Gasteiger partial charge on any atom is -0.321 e. The minimum absolute atomic E-state index is 0.147.